The lowest BCUT2D eigenvalue weighted by Crippen LogP contribution is -2.41. The number of halogens is 2. The highest BCUT2D eigenvalue weighted by Crippen LogP contribution is 2.28. The van der Waals surface area contributed by atoms with Gasteiger partial charge in [0.2, 0.25) is 0 Å². The van der Waals surface area contributed by atoms with Gasteiger partial charge in [0.1, 0.15) is 0 Å². The van der Waals surface area contributed by atoms with Crippen molar-refractivity contribution >= 4 is 23.6 Å². The minimum atomic E-state index is -2.53. The van der Waals surface area contributed by atoms with E-state index in [0.29, 0.717) is 34.8 Å². The first kappa shape index (κ1) is 22.5. The van der Waals surface area contributed by atoms with E-state index in [4.69, 9.17) is 9.47 Å². The van der Waals surface area contributed by atoms with E-state index in [2.05, 4.69) is 17.8 Å². The summed E-state index contributed by atoms with van der Waals surface area (Å²) in [6.45, 7) is 2.60. The summed E-state index contributed by atoms with van der Waals surface area (Å²) in [5, 5.41) is 0. The van der Waals surface area contributed by atoms with Gasteiger partial charge in [-0.05, 0) is 48.9 Å². The van der Waals surface area contributed by atoms with Crippen molar-refractivity contribution in [3.63, 3.8) is 0 Å². The van der Waals surface area contributed by atoms with E-state index in [1.807, 2.05) is 0 Å². The second-order valence-corrected chi connectivity index (χ2v) is 6.94. The van der Waals surface area contributed by atoms with Gasteiger partial charge in [0.25, 0.3) is 17.6 Å². The van der Waals surface area contributed by atoms with E-state index in [1.54, 1.807) is 12.1 Å². The van der Waals surface area contributed by atoms with Crippen LogP contribution in [0, 0.1) is 0 Å². The molecule has 0 aliphatic carbocycles. The number of hydrazine groups is 1. The molecule has 0 spiro atoms. The van der Waals surface area contributed by atoms with Crippen molar-refractivity contribution in [2.75, 3.05) is 13.7 Å². The third-order valence-corrected chi connectivity index (χ3v) is 4.54. The maximum atomic E-state index is 12.3. The molecule has 0 saturated heterocycles. The SMILES string of the molecule is CCCCOc1ccc(C(=O)NNC(=O)c2ccc(SC(F)F)cc2)cc1OC. The van der Waals surface area contributed by atoms with Gasteiger partial charge < -0.3 is 9.47 Å². The van der Waals surface area contributed by atoms with Gasteiger partial charge in [-0.25, -0.2) is 0 Å². The maximum absolute atomic E-state index is 12.3. The first-order valence-corrected chi connectivity index (χ1v) is 9.79. The van der Waals surface area contributed by atoms with Crippen molar-refractivity contribution in [1.29, 1.82) is 0 Å². The van der Waals surface area contributed by atoms with Gasteiger partial charge in [-0.1, -0.05) is 25.1 Å². The van der Waals surface area contributed by atoms with Crippen LogP contribution in [0.1, 0.15) is 40.5 Å². The van der Waals surface area contributed by atoms with Crippen LogP contribution in [0.3, 0.4) is 0 Å². The number of amides is 2. The molecule has 6 nitrogen and oxygen atoms in total. The van der Waals surface area contributed by atoms with Gasteiger partial charge in [-0.2, -0.15) is 8.78 Å². The van der Waals surface area contributed by atoms with Crippen LogP contribution in [0.2, 0.25) is 0 Å². The maximum Gasteiger partial charge on any atom is 0.288 e. The van der Waals surface area contributed by atoms with E-state index in [1.165, 1.54) is 37.4 Å². The fraction of sp³-hybridized carbons (Fsp3) is 0.300. The summed E-state index contributed by atoms with van der Waals surface area (Å²) in [5.41, 5.74) is 5.09. The fourth-order valence-corrected chi connectivity index (χ4v) is 2.80. The molecule has 9 heteroatoms. The molecule has 29 heavy (non-hydrogen) atoms. The van der Waals surface area contributed by atoms with Crippen molar-refractivity contribution in [3.8, 4) is 11.5 Å². The Balaban J connectivity index is 1.94. The zero-order valence-electron chi connectivity index (χ0n) is 16.0. The Kier molecular flexibility index (Phi) is 8.72. The van der Waals surface area contributed by atoms with Gasteiger partial charge in [-0.15, -0.1) is 0 Å². The standard InChI is InChI=1S/C20H22F2N2O4S/c1-3-4-11-28-16-10-7-14(12-17(16)27-2)19(26)24-23-18(25)13-5-8-15(9-6-13)29-20(21)22/h5-10,12,20H,3-4,11H2,1-2H3,(H,23,25)(H,24,26). The molecule has 0 bridgehead atoms. The molecule has 2 aromatic rings. The van der Waals surface area contributed by atoms with Crippen LogP contribution in [-0.2, 0) is 0 Å². The normalized spacial score (nSPS) is 10.5. The van der Waals surface area contributed by atoms with Crippen LogP contribution in [-0.4, -0.2) is 31.3 Å². The van der Waals surface area contributed by atoms with Crippen LogP contribution in [0.5, 0.6) is 11.5 Å². The largest absolute Gasteiger partial charge is 0.493 e. The van der Waals surface area contributed by atoms with Gasteiger partial charge in [0.15, 0.2) is 11.5 Å². The molecule has 0 atom stereocenters. The van der Waals surface area contributed by atoms with Crippen molar-refractivity contribution in [3.05, 3.63) is 53.6 Å². The summed E-state index contributed by atoms with van der Waals surface area (Å²) in [5.74, 6) is -2.70. The average molecular weight is 424 g/mol. The van der Waals surface area contributed by atoms with Crippen LogP contribution in [0.15, 0.2) is 47.4 Å². The Morgan fingerprint density at radius 3 is 2.21 bits per heavy atom. The molecule has 2 rings (SSSR count). The summed E-state index contributed by atoms with van der Waals surface area (Å²) < 4.78 is 35.5. The number of carbonyl (C=O) groups is 2. The molecule has 156 valence electrons. The molecule has 0 heterocycles. The summed E-state index contributed by atoms with van der Waals surface area (Å²) >= 11 is 0.388. The van der Waals surface area contributed by atoms with Crippen molar-refractivity contribution in [2.45, 2.75) is 30.4 Å². The molecule has 0 saturated carbocycles. The Bertz CT molecular complexity index is 832. The lowest BCUT2D eigenvalue weighted by Gasteiger charge is -2.12. The highest BCUT2D eigenvalue weighted by atomic mass is 32.2. The highest BCUT2D eigenvalue weighted by Gasteiger charge is 2.13. The van der Waals surface area contributed by atoms with E-state index >= 15 is 0 Å². The van der Waals surface area contributed by atoms with E-state index in [0.717, 1.165) is 12.8 Å². The van der Waals surface area contributed by atoms with Crippen LogP contribution < -0.4 is 20.3 Å². The van der Waals surface area contributed by atoms with Crippen LogP contribution in [0.4, 0.5) is 8.78 Å². The third-order valence-electron chi connectivity index (χ3n) is 3.81. The minimum absolute atomic E-state index is 0.223. The molecule has 2 amide bonds. The number of benzene rings is 2. The Labute approximate surface area is 171 Å². The summed E-state index contributed by atoms with van der Waals surface area (Å²) in [6.07, 6.45) is 1.90. The molecule has 0 radical (unpaired) electrons. The van der Waals surface area contributed by atoms with Gasteiger partial charge in [0.05, 0.1) is 13.7 Å². The zero-order chi connectivity index (χ0) is 21.2. The topological polar surface area (TPSA) is 76.7 Å². The fourth-order valence-electron chi connectivity index (χ4n) is 2.30. The van der Waals surface area contributed by atoms with Crippen molar-refractivity contribution in [2.24, 2.45) is 0 Å². The number of nitrogens with one attached hydrogen (secondary N) is 2. The van der Waals surface area contributed by atoms with Gasteiger partial charge in [-0.3, -0.25) is 20.4 Å². The Morgan fingerprint density at radius 2 is 1.62 bits per heavy atom. The predicted molar refractivity (Wildman–Crippen MR) is 107 cm³/mol. The third kappa shape index (κ3) is 6.94. The molecule has 0 aliphatic rings. The number of unbranched alkanes of at least 4 members (excludes halogenated alkanes) is 1. The van der Waals surface area contributed by atoms with E-state index < -0.39 is 17.6 Å². The quantitative estimate of drug-likeness (QED) is 0.357. The number of rotatable bonds is 9. The van der Waals surface area contributed by atoms with Crippen LogP contribution >= 0.6 is 11.8 Å². The lowest BCUT2D eigenvalue weighted by molar-refractivity contribution is 0.0846. The van der Waals surface area contributed by atoms with Crippen LogP contribution in [0.25, 0.3) is 0 Å². The Hall–Kier alpha value is -2.81. The second-order valence-electron chi connectivity index (χ2n) is 5.88. The van der Waals surface area contributed by atoms with E-state index in [9.17, 15) is 18.4 Å². The number of hydrogen-bond donors (Lipinski definition) is 2. The molecule has 0 unspecified atom stereocenters. The monoisotopic (exact) mass is 424 g/mol. The molecular weight excluding hydrogens is 402 g/mol. The summed E-state index contributed by atoms with van der Waals surface area (Å²) in [6, 6.07) is 10.3. The van der Waals surface area contributed by atoms with Gasteiger partial charge >= 0.3 is 0 Å². The molecule has 0 fully saturated rings. The second kappa shape index (κ2) is 11.3. The average Bonchev–Trinajstić information content (AvgIpc) is 2.72. The number of methoxy groups -OCH3 is 1. The van der Waals surface area contributed by atoms with Gasteiger partial charge in [0, 0.05) is 16.0 Å². The summed E-state index contributed by atoms with van der Waals surface area (Å²) in [7, 11) is 1.47. The lowest BCUT2D eigenvalue weighted by atomic mass is 10.2. The first-order valence-electron chi connectivity index (χ1n) is 8.91. The summed E-state index contributed by atoms with van der Waals surface area (Å²) in [4.78, 5) is 24.7. The molecule has 0 aliphatic heterocycles. The minimum Gasteiger partial charge on any atom is -0.493 e. The smallest absolute Gasteiger partial charge is 0.288 e. The Morgan fingerprint density at radius 1 is 1.00 bits per heavy atom. The first-order chi connectivity index (χ1) is 13.9. The molecule has 2 aromatic carbocycles. The molecular formula is C20H22F2N2O4S. The predicted octanol–water partition coefficient (Wildman–Crippen LogP) is 4.26. The molecule has 2 N–H and O–H groups in total. The number of alkyl halides is 2. The number of hydrogen-bond acceptors (Lipinski definition) is 5. The molecule has 0 aromatic heterocycles. The van der Waals surface area contributed by atoms with E-state index in [-0.39, 0.29) is 11.1 Å². The van der Waals surface area contributed by atoms with Crippen molar-refractivity contribution in [1.82, 2.24) is 10.9 Å². The zero-order valence-corrected chi connectivity index (χ0v) is 16.9. The number of thioether (sulfide) groups is 1. The van der Waals surface area contributed by atoms with Crippen molar-refractivity contribution < 1.29 is 27.8 Å². The highest BCUT2D eigenvalue weighted by molar-refractivity contribution is 7.99. The number of carbonyl (C=O) groups excluding carboxylic acids is 2. The number of ether oxygens (including phenoxy) is 2.